The van der Waals surface area contributed by atoms with Crippen LogP contribution in [0.3, 0.4) is 0 Å². The molecule has 2 atom stereocenters. The fraction of sp³-hybridized carbons (Fsp3) is 0.500. The van der Waals surface area contributed by atoms with Gasteiger partial charge in [0, 0.05) is 45.8 Å². The summed E-state index contributed by atoms with van der Waals surface area (Å²) in [7, 11) is 1.58. The molecule has 0 radical (unpaired) electrons. The molecule has 1 amide bonds. The van der Waals surface area contributed by atoms with E-state index >= 15 is 0 Å². The zero-order valence-electron chi connectivity index (χ0n) is 19.5. The van der Waals surface area contributed by atoms with E-state index in [1.807, 2.05) is 0 Å². The van der Waals surface area contributed by atoms with Crippen molar-refractivity contribution in [2.75, 3.05) is 39.8 Å². The van der Waals surface area contributed by atoms with E-state index in [0.29, 0.717) is 12.8 Å². The lowest BCUT2D eigenvalue weighted by Gasteiger charge is -2.34. The third kappa shape index (κ3) is 8.19. The van der Waals surface area contributed by atoms with E-state index in [0.717, 1.165) is 57.7 Å². The standard InChI is InChI=1S/C26H36FN3O3/c1-33-25(22-10-12-24(27)13-11-22)19-23(26(31)28-32)9-5-6-14-29-15-17-30(18-16-29)20-21-7-3-2-4-8-21/h2-4,7-8,10-13,23,25,32H,5-6,9,14-20H2,1H3,(H,28,31)/t23-,25+/m0/s1. The molecule has 6 nitrogen and oxygen atoms in total. The molecule has 7 heteroatoms. The Morgan fingerprint density at radius 3 is 2.33 bits per heavy atom. The maximum Gasteiger partial charge on any atom is 0.246 e. The minimum absolute atomic E-state index is 0.306. The molecule has 0 aliphatic carbocycles. The highest BCUT2D eigenvalue weighted by molar-refractivity contribution is 5.77. The third-order valence-electron chi connectivity index (χ3n) is 6.50. The number of nitrogens with one attached hydrogen (secondary N) is 1. The fourth-order valence-electron chi connectivity index (χ4n) is 4.49. The van der Waals surface area contributed by atoms with Crippen molar-refractivity contribution in [1.82, 2.24) is 15.3 Å². The molecule has 2 aromatic carbocycles. The summed E-state index contributed by atoms with van der Waals surface area (Å²) in [6.45, 7) is 6.27. The van der Waals surface area contributed by atoms with Crippen LogP contribution in [0.5, 0.6) is 0 Å². The summed E-state index contributed by atoms with van der Waals surface area (Å²) in [5.74, 6) is -1.07. The second kappa shape index (κ2) is 13.4. The first-order chi connectivity index (χ1) is 16.1. The number of hydrogen-bond donors (Lipinski definition) is 2. The average molecular weight is 458 g/mol. The van der Waals surface area contributed by atoms with Crippen LogP contribution in [-0.2, 0) is 16.1 Å². The fourth-order valence-corrected chi connectivity index (χ4v) is 4.49. The molecular formula is C26H36FN3O3. The molecule has 2 aromatic rings. The second-order valence-electron chi connectivity index (χ2n) is 8.78. The zero-order valence-corrected chi connectivity index (χ0v) is 19.5. The Morgan fingerprint density at radius 2 is 1.70 bits per heavy atom. The van der Waals surface area contributed by atoms with Crippen LogP contribution in [0.15, 0.2) is 54.6 Å². The monoisotopic (exact) mass is 457 g/mol. The van der Waals surface area contributed by atoms with Gasteiger partial charge in [0.05, 0.1) is 6.10 Å². The Hall–Kier alpha value is -2.32. The first-order valence-electron chi connectivity index (χ1n) is 11.8. The molecule has 1 saturated heterocycles. The van der Waals surface area contributed by atoms with Gasteiger partial charge in [-0.25, -0.2) is 9.87 Å². The summed E-state index contributed by atoms with van der Waals surface area (Å²) in [6.07, 6.45) is 2.67. The molecule has 2 N–H and O–H groups in total. The molecule has 0 saturated carbocycles. The van der Waals surface area contributed by atoms with Crippen molar-refractivity contribution >= 4 is 5.91 Å². The number of amides is 1. The van der Waals surface area contributed by atoms with Gasteiger partial charge >= 0.3 is 0 Å². The van der Waals surface area contributed by atoms with Gasteiger partial charge in [0.2, 0.25) is 5.91 Å². The van der Waals surface area contributed by atoms with Gasteiger partial charge in [0.15, 0.2) is 0 Å². The predicted octanol–water partition coefficient (Wildman–Crippen LogP) is 4.01. The SMILES string of the molecule is CO[C@H](C[C@H](CCCCN1CCN(Cc2ccccc2)CC1)C(=O)NO)c1ccc(F)cc1. The van der Waals surface area contributed by atoms with Crippen molar-refractivity contribution in [3.8, 4) is 0 Å². The number of methoxy groups -OCH3 is 1. The number of carbonyl (C=O) groups is 1. The first-order valence-corrected chi connectivity index (χ1v) is 11.8. The van der Waals surface area contributed by atoms with Crippen LogP contribution in [0.25, 0.3) is 0 Å². The summed E-state index contributed by atoms with van der Waals surface area (Å²) in [5, 5.41) is 9.19. The number of hydrogen-bond acceptors (Lipinski definition) is 5. The summed E-state index contributed by atoms with van der Waals surface area (Å²) >= 11 is 0. The lowest BCUT2D eigenvalue weighted by molar-refractivity contribution is -0.135. The van der Waals surface area contributed by atoms with Gasteiger partial charge in [-0.05, 0) is 49.1 Å². The third-order valence-corrected chi connectivity index (χ3v) is 6.50. The van der Waals surface area contributed by atoms with E-state index in [-0.39, 0.29) is 17.8 Å². The van der Waals surface area contributed by atoms with Crippen molar-refractivity contribution in [2.45, 2.75) is 38.3 Å². The summed E-state index contributed by atoms with van der Waals surface area (Å²) in [6, 6.07) is 16.7. The maximum atomic E-state index is 13.2. The number of hydroxylamine groups is 1. The molecule has 0 spiro atoms. The highest BCUT2D eigenvalue weighted by atomic mass is 19.1. The van der Waals surface area contributed by atoms with Gasteiger partial charge in [0.25, 0.3) is 0 Å². The van der Waals surface area contributed by atoms with Crippen LogP contribution < -0.4 is 5.48 Å². The van der Waals surface area contributed by atoms with E-state index in [4.69, 9.17) is 4.74 Å². The lowest BCUT2D eigenvalue weighted by atomic mass is 9.91. The largest absolute Gasteiger partial charge is 0.377 e. The number of ether oxygens (including phenoxy) is 1. The molecule has 180 valence electrons. The van der Waals surface area contributed by atoms with Crippen LogP contribution in [0.1, 0.15) is 42.9 Å². The van der Waals surface area contributed by atoms with Crippen LogP contribution in [0.4, 0.5) is 4.39 Å². The Kier molecular flexibility index (Phi) is 10.3. The number of piperazine rings is 1. The number of halogens is 1. The van der Waals surface area contributed by atoms with Gasteiger partial charge in [-0.2, -0.15) is 0 Å². The van der Waals surface area contributed by atoms with Crippen LogP contribution >= 0.6 is 0 Å². The Labute approximate surface area is 196 Å². The molecule has 0 bridgehead atoms. The molecule has 1 aliphatic heterocycles. The van der Waals surface area contributed by atoms with E-state index in [9.17, 15) is 14.4 Å². The molecule has 0 unspecified atom stereocenters. The van der Waals surface area contributed by atoms with E-state index < -0.39 is 5.91 Å². The minimum Gasteiger partial charge on any atom is -0.377 e. The van der Waals surface area contributed by atoms with Gasteiger partial charge in [-0.15, -0.1) is 0 Å². The van der Waals surface area contributed by atoms with Crippen molar-refractivity contribution in [3.63, 3.8) is 0 Å². The van der Waals surface area contributed by atoms with Crippen molar-refractivity contribution in [2.24, 2.45) is 5.92 Å². The van der Waals surface area contributed by atoms with Gasteiger partial charge < -0.3 is 9.64 Å². The number of rotatable bonds is 12. The molecule has 33 heavy (non-hydrogen) atoms. The molecular weight excluding hydrogens is 421 g/mol. The highest BCUT2D eigenvalue weighted by Crippen LogP contribution is 2.28. The normalized spacial score (nSPS) is 16.9. The topological polar surface area (TPSA) is 65.0 Å². The number of benzene rings is 2. The van der Waals surface area contributed by atoms with Crippen molar-refractivity contribution in [3.05, 3.63) is 71.5 Å². The predicted molar refractivity (Wildman–Crippen MR) is 126 cm³/mol. The smallest absolute Gasteiger partial charge is 0.246 e. The summed E-state index contributed by atoms with van der Waals surface area (Å²) in [5.41, 5.74) is 3.98. The Bertz CT molecular complexity index is 826. The van der Waals surface area contributed by atoms with Crippen LogP contribution in [-0.4, -0.2) is 60.7 Å². The van der Waals surface area contributed by atoms with E-state index in [1.165, 1.54) is 17.7 Å². The van der Waals surface area contributed by atoms with Crippen LogP contribution in [0, 0.1) is 11.7 Å². The number of carbonyl (C=O) groups excluding carboxylic acids is 1. The van der Waals surface area contributed by atoms with Gasteiger partial charge in [0.1, 0.15) is 5.82 Å². The molecule has 1 aliphatic rings. The summed E-state index contributed by atoms with van der Waals surface area (Å²) in [4.78, 5) is 17.2. The lowest BCUT2D eigenvalue weighted by Crippen LogP contribution is -2.46. The Balaban J connectivity index is 1.39. The van der Waals surface area contributed by atoms with E-state index in [2.05, 4.69) is 40.1 Å². The quantitative estimate of drug-likeness (QED) is 0.286. The zero-order chi connectivity index (χ0) is 23.5. The maximum absolute atomic E-state index is 13.2. The van der Waals surface area contributed by atoms with E-state index in [1.54, 1.807) is 24.7 Å². The Morgan fingerprint density at radius 1 is 1.03 bits per heavy atom. The number of nitrogens with zero attached hydrogens (tertiary/aromatic N) is 2. The number of unbranched alkanes of at least 4 members (excludes halogenated alkanes) is 1. The molecule has 3 rings (SSSR count). The minimum atomic E-state index is -0.395. The van der Waals surface area contributed by atoms with Crippen molar-refractivity contribution in [1.29, 1.82) is 0 Å². The molecule has 1 fully saturated rings. The first kappa shape index (κ1) is 25.3. The van der Waals surface area contributed by atoms with Gasteiger partial charge in [-0.1, -0.05) is 48.9 Å². The molecule has 0 aromatic heterocycles. The highest BCUT2D eigenvalue weighted by Gasteiger charge is 2.24. The van der Waals surface area contributed by atoms with Crippen molar-refractivity contribution < 1.29 is 19.1 Å². The molecule has 1 heterocycles. The van der Waals surface area contributed by atoms with Crippen LogP contribution in [0.2, 0.25) is 0 Å². The van der Waals surface area contributed by atoms with Gasteiger partial charge in [-0.3, -0.25) is 14.9 Å². The summed E-state index contributed by atoms with van der Waals surface area (Å²) < 4.78 is 18.8. The second-order valence-corrected chi connectivity index (χ2v) is 8.78. The average Bonchev–Trinajstić information content (AvgIpc) is 2.85.